The lowest BCUT2D eigenvalue weighted by atomic mass is 10.2. The Balaban J connectivity index is 1.53. The second kappa shape index (κ2) is 8.27. The van der Waals surface area contributed by atoms with E-state index >= 15 is 0 Å². The maximum absolute atomic E-state index is 5.53. The summed E-state index contributed by atoms with van der Waals surface area (Å²) in [4.78, 5) is 15.3. The Morgan fingerprint density at radius 1 is 0.395 bits per heavy atom. The lowest BCUT2D eigenvalue weighted by Crippen LogP contribution is -2.06. The Labute approximate surface area is 244 Å². The standard InChI is InChI=1S/C37H22N6/c1-5-17-29-23(11-1)24-12-2-6-18-30(24)41(29)36-37(42-31-19-7-3-13-25(31)26-14-4-8-20-32(26)42)43-34-27(15-10-22-39-34)33-28(35(43)40-36)16-9-21-38-33/h1-22H. The molecule has 4 aromatic carbocycles. The minimum absolute atomic E-state index is 0.820. The number of nitrogens with zero attached hydrogens (tertiary/aromatic N) is 6. The van der Waals surface area contributed by atoms with Crippen LogP contribution in [0.5, 0.6) is 0 Å². The molecule has 0 aliphatic heterocycles. The van der Waals surface area contributed by atoms with Gasteiger partial charge in [-0.3, -0.25) is 18.5 Å². The topological polar surface area (TPSA) is 52.9 Å². The number of rotatable bonds is 2. The molecule has 200 valence electrons. The van der Waals surface area contributed by atoms with Gasteiger partial charge in [0.2, 0.25) is 0 Å². The summed E-state index contributed by atoms with van der Waals surface area (Å²) >= 11 is 0. The molecule has 0 aliphatic rings. The first-order valence-corrected chi connectivity index (χ1v) is 14.4. The highest BCUT2D eigenvalue weighted by Gasteiger charge is 2.26. The molecule has 6 heterocycles. The molecule has 0 radical (unpaired) electrons. The molecule has 10 aromatic rings. The summed E-state index contributed by atoms with van der Waals surface area (Å²) in [5, 5.41) is 6.74. The van der Waals surface area contributed by atoms with Crippen LogP contribution in [0.25, 0.3) is 82.8 Å². The van der Waals surface area contributed by atoms with E-state index in [0.29, 0.717) is 0 Å². The van der Waals surface area contributed by atoms with E-state index < -0.39 is 0 Å². The van der Waals surface area contributed by atoms with E-state index in [-0.39, 0.29) is 0 Å². The van der Waals surface area contributed by atoms with Gasteiger partial charge in [-0.25, -0.2) is 9.97 Å². The Morgan fingerprint density at radius 3 is 1.40 bits per heavy atom. The van der Waals surface area contributed by atoms with Crippen LogP contribution in [0.1, 0.15) is 0 Å². The third-order valence-electron chi connectivity index (χ3n) is 8.72. The second-order valence-electron chi connectivity index (χ2n) is 10.9. The highest BCUT2D eigenvalue weighted by atomic mass is 15.3. The van der Waals surface area contributed by atoms with Gasteiger partial charge in [0.25, 0.3) is 0 Å². The molecule has 0 spiro atoms. The lowest BCUT2D eigenvalue weighted by molar-refractivity contribution is 1.01. The van der Waals surface area contributed by atoms with Crippen molar-refractivity contribution in [1.82, 2.24) is 28.5 Å². The molecule has 0 unspecified atom stereocenters. The number of hydrogen-bond acceptors (Lipinski definition) is 3. The van der Waals surface area contributed by atoms with Crippen molar-refractivity contribution in [2.75, 3.05) is 0 Å². The van der Waals surface area contributed by atoms with E-state index in [1.807, 2.05) is 24.5 Å². The predicted octanol–water partition coefficient (Wildman–Crippen LogP) is 8.62. The number of imidazole rings is 1. The molecule has 6 heteroatoms. The normalized spacial score (nSPS) is 12.2. The lowest BCUT2D eigenvalue weighted by Gasteiger charge is -2.14. The molecule has 10 rings (SSSR count). The van der Waals surface area contributed by atoms with E-state index in [0.717, 1.165) is 61.3 Å². The largest absolute Gasteiger partial charge is 0.292 e. The van der Waals surface area contributed by atoms with Crippen LogP contribution in [0.2, 0.25) is 0 Å². The van der Waals surface area contributed by atoms with Gasteiger partial charge in [0, 0.05) is 44.7 Å². The second-order valence-corrected chi connectivity index (χ2v) is 10.9. The van der Waals surface area contributed by atoms with Gasteiger partial charge >= 0.3 is 0 Å². The fourth-order valence-corrected chi connectivity index (χ4v) is 6.99. The Kier molecular flexibility index (Phi) is 4.36. The average Bonchev–Trinajstić information content (AvgIpc) is 3.73. The zero-order chi connectivity index (χ0) is 28.1. The number of aromatic nitrogens is 6. The zero-order valence-corrected chi connectivity index (χ0v) is 22.9. The van der Waals surface area contributed by atoms with Gasteiger partial charge in [0.1, 0.15) is 5.65 Å². The third-order valence-corrected chi connectivity index (χ3v) is 8.72. The number of fused-ring (bicyclic) bond motifs is 12. The maximum Gasteiger partial charge on any atom is 0.182 e. The highest BCUT2D eigenvalue weighted by Crippen LogP contribution is 2.40. The molecule has 0 N–H and O–H groups in total. The molecule has 0 atom stereocenters. The number of pyridine rings is 3. The minimum atomic E-state index is 0.820. The Bertz CT molecular complexity index is 2640. The van der Waals surface area contributed by atoms with Crippen LogP contribution >= 0.6 is 0 Å². The highest BCUT2D eigenvalue weighted by molar-refractivity contribution is 6.13. The fraction of sp³-hybridized carbons (Fsp3) is 0. The molecular weight excluding hydrogens is 528 g/mol. The Hall–Kier alpha value is -6.01. The van der Waals surface area contributed by atoms with Gasteiger partial charge in [-0.05, 0) is 48.5 Å². The van der Waals surface area contributed by atoms with Gasteiger partial charge in [-0.15, -0.1) is 0 Å². The summed E-state index contributed by atoms with van der Waals surface area (Å²) in [6.45, 7) is 0. The first kappa shape index (κ1) is 22.7. The first-order chi connectivity index (χ1) is 21.4. The van der Waals surface area contributed by atoms with Crippen molar-refractivity contribution in [3.05, 3.63) is 134 Å². The van der Waals surface area contributed by atoms with Crippen LogP contribution < -0.4 is 0 Å². The van der Waals surface area contributed by atoms with Crippen molar-refractivity contribution >= 4 is 71.2 Å². The van der Waals surface area contributed by atoms with Crippen LogP contribution in [-0.2, 0) is 0 Å². The van der Waals surface area contributed by atoms with Crippen molar-refractivity contribution in [2.45, 2.75) is 0 Å². The molecule has 6 aromatic heterocycles. The van der Waals surface area contributed by atoms with Crippen LogP contribution in [0, 0.1) is 0 Å². The minimum Gasteiger partial charge on any atom is -0.292 e. The summed E-state index contributed by atoms with van der Waals surface area (Å²) < 4.78 is 6.91. The average molecular weight is 551 g/mol. The van der Waals surface area contributed by atoms with E-state index in [9.17, 15) is 0 Å². The monoisotopic (exact) mass is 550 g/mol. The molecule has 0 bridgehead atoms. The fourth-order valence-electron chi connectivity index (χ4n) is 6.99. The molecular formula is C37H22N6. The smallest absolute Gasteiger partial charge is 0.182 e. The maximum atomic E-state index is 5.53. The molecule has 0 aliphatic carbocycles. The summed E-state index contributed by atoms with van der Waals surface area (Å²) in [6.07, 6.45) is 3.70. The van der Waals surface area contributed by atoms with Gasteiger partial charge in [0.15, 0.2) is 17.3 Å². The SMILES string of the molecule is c1ccc2c(c1)c1ccccc1n2-c1nc2c3cccnc3c3cccnc3n2c1-n1c2ccccc2c2ccccc21. The molecule has 0 saturated heterocycles. The predicted molar refractivity (Wildman–Crippen MR) is 174 cm³/mol. The van der Waals surface area contributed by atoms with Crippen LogP contribution in [-0.4, -0.2) is 28.5 Å². The molecule has 0 amide bonds. The van der Waals surface area contributed by atoms with E-state index in [2.05, 4.69) is 123 Å². The van der Waals surface area contributed by atoms with Crippen molar-refractivity contribution in [3.8, 4) is 11.6 Å². The Morgan fingerprint density at radius 2 is 0.837 bits per heavy atom. The van der Waals surface area contributed by atoms with E-state index in [1.54, 1.807) is 0 Å². The summed E-state index contributed by atoms with van der Waals surface area (Å²) in [5.74, 6) is 1.78. The molecule has 43 heavy (non-hydrogen) atoms. The molecule has 0 saturated carbocycles. The van der Waals surface area contributed by atoms with Crippen LogP contribution in [0.3, 0.4) is 0 Å². The molecule has 0 fully saturated rings. The van der Waals surface area contributed by atoms with Gasteiger partial charge in [-0.1, -0.05) is 72.8 Å². The van der Waals surface area contributed by atoms with Crippen LogP contribution in [0.15, 0.2) is 134 Å². The van der Waals surface area contributed by atoms with Gasteiger partial charge in [0.05, 0.1) is 27.6 Å². The van der Waals surface area contributed by atoms with E-state index in [4.69, 9.17) is 15.0 Å². The molecule has 6 nitrogen and oxygen atoms in total. The van der Waals surface area contributed by atoms with Gasteiger partial charge in [-0.2, -0.15) is 0 Å². The van der Waals surface area contributed by atoms with Crippen molar-refractivity contribution in [1.29, 1.82) is 0 Å². The third kappa shape index (κ3) is 2.89. The summed E-state index contributed by atoms with van der Waals surface area (Å²) in [5.41, 5.74) is 6.97. The van der Waals surface area contributed by atoms with Gasteiger partial charge < -0.3 is 0 Å². The first-order valence-electron chi connectivity index (χ1n) is 14.4. The number of benzene rings is 4. The quantitative estimate of drug-likeness (QED) is 0.203. The number of para-hydroxylation sites is 4. The summed E-state index contributed by atoms with van der Waals surface area (Å²) in [7, 11) is 0. The zero-order valence-electron chi connectivity index (χ0n) is 22.9. The summed E-state index contributed by atoms with van der Waals surface area (Å²) in [6, 6.07) is 42.6. The van der Waals surface area contributed by atoms with Crippen molar-refractivity contribution in [3.63, 3.8) is 0 Å². The van der Waals surface area contributed by atoms with Crippen molar-refractivity contribution < 1.29 is 0 Å². The number of hydrogen-bond donors (Lipinski definition) is 0. The van der Waals surface area contributed by atoms with E-state index in [1.165, 1.54) is 21.5 Å². The van der Waals surface area contributed by atoms with Crippen molar-refractivity contribution in [2.24, 2.45) is 0 Å². The van der Waals surface area contributed by atoms with Crippen LogP contribution in [0.4, 0.5) is 0 Å².